The predicted octanol–water partition coefficient (Wildman–Crippen LogP) is -4.84. The van der Waals surface area contributed by atoms with Crippen LogP contribution in [0.4, 0.5) is 5.82 Å². The maximum absolute atomic E-state index is 12.9. The number of nitrogens with zero attached hydrogens (tertiary/aromatic N) is 2. The monoisotopic (exact) mass is 1340 g/mol. The number of hydrogen-bond donors (Lipinski definition) is 18. The van der Waals surface area contributed by atoms with Crippen molar-refractivity contribution >= 4 is 122 Å². The molecule has 2 rings (SSSR count). The molecule has 2 heterocycles. The summed E-state index contributed by atoms with van der Waals surface area (Å²) in [5, 5.41) is 72.1. The molecule has 10 atom stereocenters. The Hall–Kier alpha value is -7.09. The summed E-state index contributed by atoms with van der Waals surface area (Å²) in [6.45, 7) is 0.0382. The second kappa shape index (κ2) is 36.3. The van der Waals surface area contributed by atoms with Gasteiger partial charge in [0.05, 0.1) is 50.5 Å². The average molecular weight is 1340 g/mol. The third-order valence-corrected chi connectivity index (χ3v) is 17.0. The van der Waals surface area contributed by atoms with Gasteiger partial charge < -0.3 is 97.9 Å². The van der Waals surface area contributed by atoms with E-state index < -0.39 is 181 Å². The normalized spacial score (nSPS) is 17.7. The number of hydrogen-bond acceptors (Lipinski definition) is 25. The third-order valence-electron chi connectivity index (χ3n) is 10.8. The number of nitrogens with one attached hydrogen (secondary N) is 7. The Morgan fingerprint density at radius 2 is 1.23 bits per heavy atom. The summed E-state index contributed by atoms with van der Waals surface area (Å²) < 4.78 is 52.6. The Labute approximate surface area is 497 Å². The molecule has 486 valence electrons. The first-order valence-electron chi connectivity index (χ1n) is 24.7. The number of carboxylic acid groups (broad SMARTS) is 5. The lowest BCUT2D eigenvalue weighted by molar-refractivity contribution is -0.148. The summed E-state index contributed by atoms with van der Waals surface area (Å²) in [5.41, 5.74) is 4.82. The standard InChI is InChI=1S/C42H61N10O30P3S2/c1-20(53)46-26(19-87-86-11-8-29(55)44-10-5-6-21-17-52(42(71)51-36(21)43)34-16-27(54)28(80-34)18-79-84(75,76)82-85(77,78)81-83(72,73)74)37(62)45-9-4-2-3-7-30(56)47-22(38(63)64)12-31(57)48-23(39(65)66)13-32(58)49-24(40(67)68)14-33(59)50-25(41(69)70)15-35(60)61/h17,22-28,34,54H,2-4,7-16,18-19H2,1H3,(H,44,55)(H,45,62)(H,46,53)(H,47,56)(H,48,57)(H,49,58)(H,50,59)(H,60,61)(H,63,64)(H,65,66)(H,67,68)(H,69,70)(H,75,76)(H,77,78)(H2,43,51,71)(H2,72,73,74). The molecule has 7 amide bonds. The molecule has 0 bridgehead atoms. The lowest BCUT2D eigenvalue weighted by atomic mass is 10.1. The van der Waals surface area contributed by atoms with Crippen molar-refractivity contribution in [3.63, 3.8) is 0 Å². The van der Waals surface area contributed by atoms with Crippen LogP contribution in [0.25, 0.3) is 0 Å². The number of nitrogen functional groups attached to an aromatic ring is 1. The molecule has 0 aliphatic carbocycles. The van der Waals surface area contributed by atoms with Crippen molar-refractivity contribution in [2.75, 3.05) is 36.9 Å². The Kier molecular flexibility index (Phi) is 31.7. The number of nitrogens with two attached hydrogens (primary N) is 1. The molecular weight excluding hydrogens is 1280 g/mol. The zero-order valence-electron chi connectivity index (χ0n) is 45.1. The van der Waals surface area contributed by atoms with Crippen molar-refractivity contribution in [3.05, 3.63) is 22.2 Å². The van der Waals surface area contributed by atoms with E-state index in [4.69, 9.17) is 30.5 Å². The van der Waals surface area contributed by atoms with Crippen LogP contribution < -0.4 is 48.6 Å². The van der Waals surface area contributed by atoms with Gasteiger partial charge in [0.15, 0.2) is 0 Å². The van der Waals surface area contributed by atoms with Gasteiger partial charge >= 0.3 is 59.0 Å². The molecule has 1 aliphatic rings. The van der Waals surface area contributed by atoms with E-state index in [0.717, 1.165) is 21.6 Å². The smallest absolute Gasteiger partial charge is 0.481 e. The van der Waals surface area contributed by atoms with Crippen molar-refractivity contribution in [2.24, 2.45) is 0 Å². The fourth-order valence-electron chi connectivity index (χ4n) is 6.88. The summed E-state index contributed by atoms with van der Waals surface area (Å²) >= 11 is 0. The highest BCUT2D eigenvalue weighted by atomic mass is 33.1. The number of amides is 7. The number of carboxylic acids is 5. The van der Waals surface area contributed by atoms with Crippen LogP contribution in [0.1, 0.15) is 82.9 Å². The highest BCUT2D eigenvalue weighted by Crippen LogP contribution is 2.66. The minimum atomic E-state index is -5.83. The van der Waals surface area contributed by atoms with Gasteiger partial charge in [-0.3, -0.25) is 47.4 Å². The number of phosphoric ester groups is 1. The molecule has 1 saturated heterocycles. The minimum absolute atomic E-state index is 0.0235. The highest BCUT2D eigenvalue weighted by Gasteiger charge is 2.43. The molecule has 0 spiro atoms. The number of rotatable bonds is 39. The van der Waals surface area contributed by atoms with E-state index in [9.17, 15) is 106 Å². The van der Waals surface area contributed by atoms with Gasteiger partial charge in [-0.1, -0.05) is 39.8 Å². The van der Waals surface area contributed by atoms with E-state index in [1.807, 2.05) is 5.32 Å². The summed E-state index contributed by atoms with van der Waals surface area (Å²) in [4.78, 5) is 197. The van der Waals surface area contributed by atoms with Crippen molar-refractivity contribution in [1.82, 2.24) is 46.8 Å². The lowest BCUT2D eigenvalue weighted by Gasteiger charge is -2.19. The van der Waals surface area contributed by atoms with Crippen molar-refractivity contribution < 1.29 is 139 Å². The SMILES string of the molecule is CC(=O)NC(CSSCCC(=O)NCC#Cc1cn(C2CC(O)C(COP(=O)(O)OP(=O)(O)OP(=O)(O)O)O2)c(=O)nc1N)C(=O)NCCCCCC(=O)NC(CC(=O)NC(CC(=O)NC(CC(=O)NC(CC(=O)O)C(=O)O)C(=O)O)C(=O)O)C(=O)O. The maximum Gasteiger partial charge on any atom is 0.490 e. The molecule has 10 unspecified atom stereocenters. The van der Waals surface area contributed by atoms with Crippen LogP contribution in [0.3, 0.4) is 0 Å². The molecule has 0 radical (unpaired) electrons. The van der Waals surface area contributed by atoms with Crippen LogP contribution in [-0.2, 0) is 89.1 Å². The molecule has 0 saturated carbocycles. The zero-order valence-corrected chi connectivity index (χ0v) is 49.4. The summed E-state index contributed by atoms with van der Waals surface area (Å²) in [7, 11) is -14.7. The van der Waals surface area contributed by atoms with Crippen LogP contribution in [0.2, 0.25) is 0 Å². The molecule has 87 heavy (non-hydrogen) atoms. The number of phosphoric acid groups is 3. The minimum Gasteiger partial charge on any atom is -0.481 e. The van der Waals surface area contributed by atoms with E-state index in [1.165, 1.54) is 17.7 Å². The Balaban J connectivity index is 1.77. The fraction of sp³-hybridized carbons (Fsp3) is 0.571. The molecule has 40 nitrogen and oxygen atoms in total. The zero-order chi connectivity index (χ0) is 66.0. The summed E-state index contributed by atoms with van der Waals surface area (Å²) in [6, 6.07) is -9.04. The topological polar surface area (TPSA) is 640 Å². The van der Waals surface area contributed by atoms with E-state index >= 15 is 0 Å². The van der Waals surface area contributed by atoms with Gasteiger partial charge in [0.2, 0.25) is 41.4 Å². The van der Waals surface area contributed by atoms with E-state index in [0.29, 0.717) is 12.8 Å². The Morgan fingerprint density at radius 1 is 0.701 bits per heavy atom. The molecule has 1 aromatic rings. The van der Waals surface area contributed by atoms with Gasteiger partial charge in [0, 0.05) is 50.4 Å². The first-order chi connectivity index (χ1) is 40.4. The summed E-state index contributed by atoms with van der Waals surface area (Å²) in [5.74, 6) is -9.90. The van der Waals surface area contributed by atoms with Gasteiger partial charge in [-0.15, -0.1) is 0 Å². The van der Waals surface area contributed by atoms with Crippen molar-refractivity contribution in [2.45, 2.75) is 120 Å². The number of aliphatic hydroxyl groups excluding tert-OH is 1. The quantitative estimate of drug-likeness (QED) is 0.0127. The number of unbranched alkanes of at least 4 members (excludes halogenated alkanes) is 2. The molecule has 1 fully saturated rings. The predicted molar refractivity (Wildman–Crippen MR) is 290 cm³/mol. The number of carbonyl (C=O) groups excluding carboxylic acids is 7. The number of ether oxygens (including phenoxy) is 1. The van der Waals surface area contributed by atoms with Crippen molar-refractivity contribution in [1.29, 1.82) is 0 Å². The number of aliphatic hydroxyl groups is 1. The van der Waals surface area contributed by atoms with Gasteiger partial charge in [0.1, 0.15) is 48.4 Å². The largest absolute Gasteiger partial charge is 0.490 e. The van der Waals surface area contributed by atoms with Crippen LogP contribution in [0, 0.1) is 11.8 Å². The number of aromatic nitrogens is 2. The van der Waals surface area contributed by atoms with Crippen LogP contribution in [-0.4, -0.2) is 205 Å². The number of carbonyl (C=O) groups is 12. The Bertz CT molecular complexity index is 3000. The first kappa shape index (κ1) is 76.0. The van der Waals surface area contributed by atoms with E-state index in [1.54, 1.807) is 10.6 Å². The van der Waals surface area contributed by atoms with Crippen LogP contribution >= 0.6 is 45.1 Å². The lowest BCUT2D eigenvalue weighted by Crippen LogP contribution is -2.51. The molecule has 1 aromatic heterocycles. The van der Waals surface area contributed by atoms with Gasteiger partial charge in [-0.2, -0.15) is 13.6 Å². The first-order valence-corrected chi connectivity index (χ1v) is 31.7. The fourth-order valence-corrected chi connectivity index (χ4v) is 12.1. The van der Waals surface area contributed by atoms with E-state index in [-0.39, 0.29) is 61.7 Å². The van der Waals surface area contributed by atoms with Gasteiger partial charge in [0.25, 0.3) is 0 Å². The molecular formula is C42H61N10O30P3S2. The average Bonchev–Trinajstić information content (AvgIpc) is 3.82. The number of anilines is 1. The second-order valence-electron chi connectivity index (χ2n) is 17.9. The maximum atomic E-state index is 12.9. The molecule has 45 heteroatoms. The molecule has 0 aromatic carbocycles. The van der Waals surface area contributed by atoms with E-state index in [2.05, 4.69) is 51.2 Å². The third kappa shape index (κ3) is 30.9. The second-order valence-corrected chi connectivity index (χ2v) is 24.9. The van der Waals surface area contributed by atoms with Crippen LogP contribution in [0.5, 0.6) is 0 Å². The highest BCUT2D eigenvalue weighted by molar-refractivity contribution is 8.76. The number of aliphatic carboxylic acids is 5. The Morgan fingerprint density at radius 3 is 1.74 bits per heavy atom. The van der Waals surface area contributed by atoms with Crippen molar-refractivity contribution in [3.8, 4) is 11.8 Å². The van der Waals surface area contributed by atoms with Gasteiger partial charge in [-0.05, 0) is 12.8 Å². The summed E-state index contributed by atoms with van der Waals surface area (Å²) in [6.07, 6.45) is -7.41. The molecule has 19 N–H and O–H groups in total. The molecule has 1 aliphatic heterocycles. The van der Waals surface area contributed by atoms with Gasteiger partial charge in [-0.25, -0.2) is 37.7 Å². The van der Waals surface area contributed by atoms with Crippen LogP contribution in [0.15, 0.2) is 11.0 Å².